The highest BCUT2D eigenvalue weighted by atomic mass is 19.3. The molecule has 1 aliphatic rings. The molecule has 0 unspecified atom stereocenters. The first-order chi connectivity index (χ1) is 8.59. The minimum atomic E-state index is -2.64. The van der Waals surface area contributed by atoms with Gasteiger partial charge < -0.3 is 9.73 Å². The third-order valence-electron chi connectivity index (χ3n) is 2.87. The summed E-state index contributed by atoms with van der Waals surface area (Å²) < 4.78 is 31.1. The summed E-state index contributed by atoms with van der Waals surface area (Å²) in [5, 5.41) is 13.5. The van der Waals surface area contributed by atoms with Crippen LogP contribution in [0.1, 0.15) is 11.8 Å². The van der Waals surface area contributed by atoms with E-state index < -0.39 is 23.3 Å². The van der Waals surface area contributed by atoms with Crippen molar-refractivity contribution >= 4 is 5.88 Å². The van der Waals surface area contributed by atoms with E-state index in [1.54, 1.807) is 4.90 Å². The van der Waals surface area contributed by atoms with Crippen molar-refractivity contribution in [1.82, 2.24) is 10.2 Å². The SMILES string of the molecule is O=[N+]([O-])c1ccc([C@H](C(F)F)N2CCNCC2)o1. The van der Waals surface area contributed by atoms with Gasteiger partial charge in [-0.25, -0.2) is 8.78 Å². The van der Waals surface area contributed by atoms with Crippen LogP contribution >= 0.6 is 0 Å². The van der Waals surface area contributed by atoms with Gasteiger partial charge in [0.1, 0.15) is 16.7 Å². The number of alkyl halides is 2. The molecule has 0 spiro atoms. The van der Waals surface area contributed by atoms with Crippen LogP contribution in [0.4, 0.5) is 14.7 Å². The molecule has 2 heterocycles. The van der Waals surface area contributed by atoms with Gasteiger partial charge in [0.2, 0.25) is 0 Å². The van der Waals surface area contributed by atoms with E-state index >= 15 is 0 Å². The van der Waals surface area contributed by atoms with Gasteiger partial charge in [-0.05, 0) is 6.07 Å². The van der Waals surface area contributed by atoms with Crippen molar-refractivity contribution in [2.24, 2.45) is 0 Å². The Hall–Kier alpha value is -1.54. The normalized spacial score (nSPS) is 19.1. The Bertz CT molecular complexity index is 418. The van der Waals surface area contributed by atoms with Crippen molar-refractivity contribution in [1.29, 1.82) is 0 Å². The molecule has 100 valence electrons. The lowest BCUT2D eigenvalue weighted by Gasteiger charge is -2.32. The molecular weight excluding hydrogens is 248 g/mol. The average Bonchev–Trinajstić information content (AvgIpc) is 2.79. The molecule has 1 N–H and O–H groups in total. The van der Waals surface area contributed by atoms with Crippen LogP contribution in [0.15, 0.2) is 16.5 Å². The van der Waals surface area contributed by atoms with E-state index in [0.717, 1.165) is 6.07 Å². The number of nitrogens with one attached hydrogen (secondary N) is 1. The molecule has 0 aromatic carbocycles. The van der Waals surface area contributed by atoms with E-state index in [4.69, 9.17) is 4.42 Å². The maximum atomic E-state index is 13.1. The van der Waals surface area contributed by atoms with Crippen LogP contribution in [0.2, 0.25) is 0 Å². The second-order valence-electron chi connectivity index (χ2n) is 4.00. The highest BCUT2D eigenvalue weighted by Crippen LogP contribution is 2.31. The van der Waals surface area contributed by atoms with Crippen molar-refractivity contribution in [3.63, 3.8) is 0 Å². The number of rotatable bonds is 4. The van der Waals surface area contributed by atoms with Crippen LogP contribution in [0.5, 0.6) is 0 Å². The molecule has 1 saturated heterocycles. The fraction of sp³-hybridized carbons (Fsp3) is 0.600. The smallest absolute Gasteiger partial charge is 0.404 e. The molecule has 0 aliphatic carbocycles. The van der Waals surface area contributed by atoms with Crippen LogP contribution in [0.3, 0.4) is 0 Å². The first-order valence-electron chi connectivity index (χ1n) is 5.56. The number of halogens is 2. The predicted octanol–water partition coefficient (Wildman–Crippen LogP) is 1.40. The lowest BCUT2D eigenvalue weighted by atomic mass is 10.1. The first kappa shape index (κ1) is 12.9. The lowest BCUT2D eigenvalue weighted by Crippen LogP contribution is -2.46. The molecule has 0 bridgehead atoms. The predicted molar refractivity (Wildman–Crippen MR) is 58.6 cm³/mol. The third kappa shape index (κ3) is 2.65. The standard InChI is InChI=1S/C10H13F2N3O3/c11-10(12)9(14-5-3-13-4-6-14)7-1-2-8(18-7)15(16)17/h1-2,9-10,13H,3-6H2/t9-/m1/s1. The van der Waals surface area contributed by atoms with Gasteiger partial charge >= 0.3 is 5.88 Å². The summed E-state index contributed by atoms with van der Waals surface area (Å²) in [5.41, 5.74) is 0. The molecular formula is C10H13F2N3O3. The zero-order valence-electron chi connectivity index (χ0n) is 9.51. The molecule has 2 rings (SSSR count). The largest absolute Gasteiger partial charge is 0.433 e. The average molecular weight is 261 g/mol. The second kappa shape index (κ2) is 5.40. The minimum Gasteiger partial charge on any atom is -0.404 e. The lowest BCUT2D eigenvalue weighted by molar-refractivity contribution is -0.402. The van der Waals surface area contributed by atoms with Gasteiger partial charge in [-0.2, -0.15) is 0 Å². The number of hydrogen-bond donors (Lipinski definition) is 1. The number of nitrogens with zero attached hydrogens (tertiary/aromatic N) is 2. The summed E-state index contributed by atoms with van der Waals surface area (Å²) in [6, 6.07) is 1.13. The molecule has 1 aromatic rings. The van der Waals surface area contributed by atoms with Gasteiger partial charge in [0.15, 0.2) is 0 Å². The Labute approximate surface area is 102 Å². The summed E-state index contributed by atoms with van der Waals surface area (Å²) in [6.07, 6.45) is -2.64. The second-order valence-corrected chi connectivity index (χ2v) is 4.00. The monoisotopic (exact) mass is 261 g/mol. The summed E-state index contributed by atoms with van der Waals surface area (Å²) in [6.45, 7) is 2.16. The maximum absolute atomic E-state index is 13.1. The van der Waals surface area contributed by atoms with E-state index in [2.05, 4.69) is 5.32 Å². The van der Waals surface area contributed by atoms with Gasteiger partial charge in [-0.1, -0.05) is 0 Å². The highest BCUT2D eigenvalue weighted by molar-refractivity contribution is 5.20. The zero-order valence-corrected chi connectivity index (χ0v) is 9.51. The van der Waals surface area contributed by atoms with Gasteiger partial charge in [0.25, 0.3) is 6.43 Å². The Morgan fingerprint density at radius 2 is 2.06 bits per heavy atom. The van der Waals surface area contributed by atoms with Crippen LogP contribution in [-0.4, -0.2) is 42.4 Å². The summed E-state index contributed by atoms with van der Waals surface area (Å²) in [7, 11) is 0. The summed E-state index contributed by atoms with van der Waals surface area (Å²) in [4.78, 5) is 11.3. The van der Waals surface area contributed by atoms with Gasteiger partial charge in [0, 0.05) is 26.2 Å². The Kier molecular flexibility index (Phi) is 3.87. The topological polar surface area (TPSA) is 71.6 Å². The fourth-order valence-electron chi connectivity index (χ4n) is 2.02. The summed E-state index contributed by atoms with van der Waals surface area (Å²) >= 11 is 0. The quantitative estimate of drug-likeness (QED) is 0.655. The molecule has 0 saturated carbocycles. The van der Waals surface area contributed by atoms with Crippen LogP contribution in [-0.2, 0) is 0 Å². The van der Waals surface area contributed by atoms with Crippen molar-refractivity contribution in [3.05, 3.63) is 28.0 Å². The minimum absolute atomic E-state index is 0.0569. The van der Waals surface area contributed by atoms with E-state index in [9.17, 15) is 18.9 Å². The van der Waals surface area contributed by atoms with Gasteiger partial charge in [-0.15, -0.1) is 0 Å². The fourth-order valence-corrected chi connectivity index (χ4v) is 2.02. The third-order valence-corrected chi connectivity index (χ3v) is 2.87. The molecule has 0 radical (unpaired) electrons. The Morgan fingerprint density at radius 1 is 1.39 bits per heavy atom. The molecule has 0 amide bonds. The molecule has 8 heteroatoms. The van der Waals surface area contributed by atoms with Crippen molar-refractivity contribution in [3.8, 4) is 0 Å². The van der Waals surface area contributed by atoms with Crippen molar-refractivity contribution in [2.45, 2.75) is 12.5 Å². The molecule has 18 heavy (non-hydrogen) atoms. The van der Waals surface area contributed by atoms with Crippen LogP contribution < -0.4 is 5.32 Å². The summed E-state index contributed by atoms with van der Waals surface area (Å²) in [5.74, 6) is -0.565. The number of nitro groups is 1. The number of furan rings is 1. The Morgan fingerprint density at radius 3 is 2.56 bits per heavy atom. The van der Waals surface area contributed by atoms with E-state index in [-0.39, 0.29) is 5.76 Å². The van der Waals surface area contributed by atoms with Crippen molar-refractivity contribution in [2.75, 3.05) is 26.2 Å². The van der Waals surface area contributed by atoms with E-state index in [1.165, 1.54) is 6.07 Å². The zero-order chi connectivity index (χ0) is 13.1. The molecule has 1 atom stereocenters. The molecule has 1 aliphatic heterocycles. The van der Waals surface area contributed by atoms with Gasteiger partial charge in [-0.3, -0.25) is 15.0 Å². The number of piperazine rings is 1. The molecule has 1 aromatic heterocycles. The maximum Gasteiger partial charge on any atom is 0.433 e. The first-order valence-corrected chi connectivity index (χ1v) is 5.56. The Balaban J connectivity index is 2.20. The van der Waals surface area contributed by atoms with Crippen LogP contribution in [0, 0.1) is 10.1 Å². The number of hydrogen-bond acceptors (Lipinski definition) is 5. The van der Waals surface area contributed by atoms with Gasteiger partial charge in [0.05, 0.1) is 6.07 Å². The molecule has 6 nitrogen and oxygen atoms in total. The van der Waals surface area contributed by atoms with Crippen LogP contribution in [0.25, 0.3) is 0 Å². The van der Waals surface area contributed by atoms with E-state index in [1.807, 2.05) is 0 Å². The molecule has 1 fully saturated rings. The van der Waals surface area contributed by atoms with E-state index in [0.29, 0.717) is 26.2 Å². The van der Waals surface area contributed by atoms with Crippen molar-refractivity contribution < 1.29 is 18.1 Å². The highest BCUT2D eigenvalue weighted by Gasteiger charge is 2.33.